The van der Waals surface area contributed by atoms with Crippen LogP contribution in [0.15, 0.2) is 12.1 Å². The van der Waals surface area contributed by atoms with Crippen LogP contribution in [0.2, 0.25) is 0 Å². The Bertz CT molecular complexity index is 446. The van der Waals surface area contributed by atoms with Crippen molar-refractivity contribution in [2.45, 2.75) is 52.6 Å². The van der Waals surface area contributed by atoms with Crippen LogP contribution in [0.25, 0.3) is 0 Å². The highest BCUT2D eigenvalue weighted by Crippen LogP contribution is 2.15. The molecular weight excluding hydrogens is 243 g/mol. The van der Waals surface area contributed by atoms with Gasteiger partial charge in [-0.15, -0.1) is 0 Å². The van der Waals surface area contributed by atoms with E-state index in [-0.39, 0.29) is 11.7 Å². The summed E-state index contributed by atoms with van der Waals surface area (Å²) in [5, 5.41) is 2.81. The summed E-state index contributed by atoms with van der Waals surface area (Å²) in [6, 6.07) is 3.49. The summed E-state index contributed by atoms with van der Waals surface area (Å²) < 4.78 is 13.5. The lowest BCUT2D eigenvalue weighted by molar-refractivity contribution is -0.126. The van der Waals surface area contributed by atoms with Gasteiger partial charge in [-0.3, -0.25) is 4.79 Å². The zero-order chi connectivity index (χ0) is 14.6. The van der Waals surface area contributed by atoms with Gasteiger partial charge in [0.15, 0.2) is 0 Å². The first kappa shape index (κ1) is 15.6. The highest BCUT2D eigenvalue weighted by atomic mass is 19.1. The number of nitrogens with two attached hydrogens (primary N) is 1. The Hall–Kier alpha value is -1.42. The van der Waals surface area contributed by atoms with Crippen LogP contribution in [0.5, 0.6) is 0 Å². The zero-order valence-electron chi connectivity index (χ0n) is 12.1. The van der Waals surface area contributed by atoms with Crippen molar-refractivity contribution in [3.05, 3.63) is 34.6 Å². The van der Waals surface area contributed by atoms with E-state index < -0.39 is 5.54 Å². The molecule has 0 aliphatic heterocycles. The monoisotopic (exact) mass is 266 g/mol. The fourth-order valence-corrected chi connectivity index (χ4v) is 2.15. The van der Waals surface area contributed by atoms with E-state index in [4.69, 9.17) is 5.73 Å². The van der Waals surface area contributed by atoms with Gasteiger partial charge in [-0.2, -0.15) is 0 Å². The number of rotatable bonds is 5. The second-order valence-electron chi connectivity index (χ2n) is 5.39. The maximum Gasteiger partial charge on any atom is 0.240 e. The lowest BCUT2D eigenvalue weighted by atomic mass is 9.96. The van der Waals surface area contributed by atoms with Gasteiger partial charge in [0.25, 0.3) is 0 Å². The number of benzene rings is 1. The molecule has 106 valence electrons. The molecule has 1 atom stereocenters. The summed E-state index contributed by atoms with van der Waals surface area (Å²) >= 11 is 0. The van der Waals surface area contributed by atoms with Crippen LogP contribution in [-0.4, -0.2) is 11.4 Å². The minimum atomic E-state index is -0.848. The van der Waals surface area contributed by atoms with Crippen LogP contribution in [0, 0.1) is 19.7 Å². The first-order chi connectivity index (χ1) is 8.77. The topological polar surface area (TPSA) is 55.1 Å². The van der Waals surface area contributed by atoms with Crippen molar-refractivity contribution in [2.75, 3.05) is 0 Å². The average molecular weight is 266 g/mol. The molecule has 1 amide bonds. The minimum absolute atomic E-state index is 0.172. The first-order valence-corrected chi connectivity index (χ1v) is 6.60. The highest BCUT2D eigenvalue weighted by molar-refractivity contribution is 5.85. The van der Waals surface area contributed by atoms with Gasteiger partial charge in [-0.05, 0) is 43.9 Å². The van der Waals surface area contributed by atoms with Crippen LogP contribution < -0.4 is 11.1 Å². The molecule has 1 aromatic carbocycles. The van der Waals surface area contributed by atoms with Gasteiger partial charge < -0.3 is 11.1 Å². The molecule has 0 bridgehead atoms. The van der Waals surface area contributed by atoms with Crippen molar-refractivity contribution < 1.29 is 9.18 Å². The summed E-state index contributed by atoms with van der Waals surface area (Å²) in [5.41, 5.74) is 7.17. The van der Waals surface area contributed by atoms with Gasteiger partial charge in [-0.25, -0.2) is 4.39 Å². The van der Waals surface area contributed by atoms with Crippen LogP contribution in [0.4, 0.5) is 4.39 Å². The Kier molecular flexibility index (Phi) is 5.06. The fraction of sp³-hybridized carbons (Fsp3) is 0.533. The molecule has 0 aliphatic carbocycles. The fourth-order valence-electron chi connectivity index (χ4n) is 2.15. The number of nitrogens with one attached hydrogen (secondary N) is 1. The molecule has 3 N–H and O–H groups in total. The Labute approximate surface area is 114 Å². The van der Waals surface area contributed by atoms with Crippen molar-refractivity contribution >= 4 is 5.91 Å². The lowest BCUT2D eigenvalue weighted by Crippen LogP contribution is -2.51. The van der Waals surface area contributed by atoms with E-state index in [9.17, 15) is 9.18 Å². The van der Waals surface area contributed by atoms with Gasteiger partial charge in [0, 0.05) is 6.54 Å². The van der Waals surface area contributed by atoms with E-state index in [0.717, 1.165) is 12.0 Å². The number of hydrogen-bond acceptors (Lipinski definition) is 2. The van der Waals surface area contributed by atoms with Gasteiger partial charge in [0.1, 0.15) is 5.82 Å². The van der Waals surface area contributed by atoms with E-state index in [1.165, 1.54) is 0 Å². The third-order valence-corrected chi connectivity index (χ3v) is 3.24. The molecular formula is C15H23FN2O. The number of carbonyl (C=O) groups excluding carboxylic acids is 1. The van der Waals surface area contributed by atoms with Crippen LogP contribution in [0.1, 0.15) is 43.4 Å². The van der Waals surface area contributed by atoms with E-state index in [1.807, 2.05) is 6.92 Å². The van der Waals surface area contributed by atoms with Crippen molar-refractivity contribution in [2.24, 2.45) is 5.73 Å². The molecule has 0 saturated heterocycles. The normalized spacial score (nSPS) is 14.0. The Morgan fingerprint density at radius 3 is 2.37 bits per heavy atom. The molecule has 4 heteroatoms. The standard InChI is InChI=1S/C15H23FN2O/c1-5-6-15(4,17)14(19)18-9-12-7-10(2)13(16)11(3)8-12/h7-8H,5-6,9,17H2,1-4H3,(H,18,19). The molecule has 1 unspecified atom stereocenters. The summed E-state index contributed by atoms with van der Waals surface area (Å²) in [7, 11) is 0. The van der Waals surface area contributed by atoms with Crippen molar-refractivity contribution in [3.63, 3.8) is 0 Å². The third kappa shape index (κ3) is 4.03. The van der Waals surface area contributed by atoms with E-state index >= 15 is 0 Å². The van der Waals surface area contributed by atoms with Crippen LogP contribution >= 0.6 is 0 Å². The molecule has 3 nitrogen and oxygen atoms in total. The van der Waals surface area contributed by atoms with Gasteiger partial charge in [-0.1, -0.05) is 25.5 Å². The maximum absolute atomic E-state index is 13.5. The predicted octanol–water partition coefficient (Wildman–Crippen LogP) is 2.58. The highest BCUT2D eigenvalue weighted by Gasteiger charge is 2.26. The summed E-state index contributed by atoms with van der Waals surface area (Å²) in [5.74, 6) is -0.362. The molecule has 1 rings (SSSR count). The van der Waals surface area contributed by atoms with Gasteiger partial charge >= 0.3 is 0 Å². The minimum Gasteiger partial charge on any atom is -0.350 e. The Morgan fingerprint density at radius 2 is 1.89 bits per heavy atom. The summed E-state index contributed by atoms with van der Waals surface area (Å²) in [6.45, 7) is 7.53. The van der Waals surface area contributed by atoms with Crippen molar-refractivity contribution in [1.29, 1.82) is 0 Å². The number of carbonyl (C=O) groups is 1. The lowest BCUT2D eigenvalue weighted by Gasteiger charge is -2.23. The second-order valence-corrected chi connectivity index (χ2v) is 5.39. The predicted molar refractivity (Wildman–Crippen MR) is 75.2 cm³/mol. The molecule has 0 saturated carbocycles. The largest absolute Gasteiger partial charge is 0.350 e. The Balaban J connectivity index is 2.70. The zero-order valence-corrected chi connectivity index (χ0v) is 12.1. The van der Waals surface area contributed by atoms with Gasteiger partial charge in [0.05, 0.1) is 5.54 Å². The molecule has 0 radical (unpaired) electrons. The number of amides is 1. The molecule has 1 aromatic rings. The molecule has 0 fully saturated rings. The maximum atomic E-state index is 13.5. The molecule has 0 spiro atoms. The molecule has 0 aliphatic rings. The van der Waals surface area contributed by atoms with E-state index in [1.54, 1.807) is 32.9 Å². The summed E-state index contributed by atoms with van der Waals surface area (Å²) in [4.78, 5) is 12.0. The number of aryl methyl sites for hydroxylation is 2. The van der Waals surface area contributed by atoms with E-state index in [2.05, 4.69) is 5.32 Å². The average Bonchev–Trinajstić information content (AvgIpc) is 2.32. The number of halogens is 1. The molecule has 19 heavy (non-hydrogen) atoms. The van der Waals surface area contributed by atoms with Crippen LogP contribution in [-0.2, 0) is 11.3 Å². The van der Waals surface area contributed by atoms with Crippen molar-refractivity contribution in [1.82, 2.24) is 5.32 Å². The van der Waals surface area contributed by atoms with Crippen LogP contribution in [0.3, 0.4) is 0 Å². The summed E-state index contributed by atoms with van der Waals surface area (Å²) in [6.07, 6.45) is 1.50. The van der Waals surface area contributed by atoms with E-state index in [0.29, 0.717) is 24.1 Å². The second kappa shape index (κ2) is 6.15. The third-order valence-electron chi connectivity index (χ3n) is 3.24. The number of hydrogen-bond donors (Lipinski definition) is 2. The Morgan fingerprint density at radius 1 is 1.37 bits per heavy atom. The quantitative estimate of drug-likeness (QED) is 0.860. The smallest absolute Gasteiger partial charge is 0.240 e. The van der Waals surface area contributed by atoms with Crippen molar-refractivity contribution in [3.8, 4) is 0 Å². The molecule has 0 aromatic heterocycles. The first-order valence-electron chi connectivity index (χ1n) is 6.60. The SMILES string of the molecule is CCCC(C)(N)C(=O)NCc1cc(C)c(F)c(C)c1. The van der Waals surface area contributed by atoms with Gasteiger partial charge in [0.2, 0.25) is 5.91 Å². The molecule has 0 heterocycles.